The zero-order valence-corrected chi connectivity index (χ0v) is 12.4. The van der Waals surface area contributed by atoms with Crippen molar-refractivity contribution < 1.29 is 9.47 Å². The van der Waals surface area contributed by atoms with Crippen LogP contribution in [0.3, 0.4) is 0 Å². The van der Waals surface area contributed by atoms with Crippen molar-refractivity contribution >= 4 is 0 Å². The lowest BCUT2D eigenvalue weighted by molar-refractivity contribution is -0.108. The number of nitrogens with two attached hydrogens (primary N) is 1. The molecule has 1 heterocycles. The van der Waals surface area contributed by atoms with Gasteiger partial charge in [-0.15, -0.1) is 0 Å². The van der Waals surface area contributed by atoms with Crippen LogP contribution in [0.15, 0.2) is 18.2 Å². The average molecular weight is 275 g/mol. The summed E-state index contributed by atoms with van der Waals surface area (Å²) in [6, 6.07) is 6.26. The molecule has 1 spiro atoms. The van der Waals surface area contributed by atoms with Crippen LogP contribution in [-0.4, -0.2) is 18.3 Å². The van der Waals surface area contributed by atoms with E-state index in [1.165, 1.54) is 31.2 Å². The molecule has 1 atom stereocenters. The van der Waals surface area contributed by atoms with Crippen molar-refractivity contribution in [3.8, 4) is 5.75 Å². The predicted molar refractivity (Wildman–Crippen MR) is 79.9 cm³/mol. The van der Waals surface area contributed by atoms with Gasteiger partial charge in [-0.25, -0.2) is 0 Å². The van der Waals surface area contributed by atoms with Crippen LogP contribution in [0, 0.1) is 6.92 Å². The summed E-state index contributed by atoms with van der Waals surface area (Å²) in [5.41, 5.74) is 8.16. The van der Waals surface area contributed by atoms with Gasteiger partial charge < -0.3 is 15.2 Å². The summed E-state index contributed by atoms with van der Waals surface area (Å²) < 4.78 is 12.3. The third-order valence-corrected chi connectivity index (χ3v) is 4.74. The van der Waals surface area contributed by atoms with E-state index < -0.39 is 0 Å². The summed E-state index contributed by atoms with van der Waals surface area (Å²) in [7, 11) is 0. The van der Waals surface area contributed by atoms with E-state index in [4.69, 9.17) is 15.2 Å². The maximum Gasteiger partial charge on any atom is 0.122 e. The Hall–Kier alpha value is -1.06. The van der Waals surface area contributed by atoms with Crippen LogP contribution < -0.4 is 10.5 Å². The molecule has 0 bridgehead atoms. The number of aryl methyl sites for hydroxylation is 1. The van der Waals surface area contributed by atoms with E-state index in [1.807, 2.05) is 0 Å². The topological polar surface area (TPSA) is 44.5 Å². The van der Waals surface area contributed by atoms with Gasteiger partial charge in [0.25, 0.3) is 0 Å². The Morgan fingerprint density at radius 2 is 2.15 bits per heavy atom. The van der Waals surface area contributed by atoms with E-state index >= 15 is 0 Å². The molecule has 0 amide bonds. The van der Waals surface area contributed by atoms with Crippen molar-refractivity contribution in [1.29, 1.82) is 0 Å². The average Bonchev–Trinajstić information content (AvgIpc) is 2.89. The Morgan fingerprint density at radius 3 is 2.90 bits per heavy atom. The van der Waals surface area contributed by atoms with Crippen molar-refractivity contribution in [1.82, 2.24) is 0 Å². The minimum atomic E-state index is 0.113. The molecule has 3 nitrogen and oxygen atoms in total. The first-order valence-corrected chi connectivity index (χ1v) is 7.81. The molecule has 3 heteroatoms. The molecule has 0 aromatic heterocycles. The number of hydrogen-bond acceptors (Lipinski definition) is 3. The molecule has 1 saturated heterocycles. The molecule has 1 saturated carbocycles. The Bertz CT molecular complexity index is 466. The van der Waals surface area contributed by atoms with Crippen molar-refractivity contribution in [2.24, 2.45) is 5.73 Å². The molecular formula is C17H25NO2. The fourth-order valence-electron chi connectivity index (χ4n) is 3.53. The van der Waals surface area contributed by atoms with Gasteiger partial charge in [0.1, 0.15) is 11.9 Å². The van der Waals surface area contributed by atoms with Crippen LogP contribution in [0.1, 0.15) is 49.7 Å². The number of benzene rings is 1. The summed E-state index contributed by atoms with van der Waals surface area (Å²) in [6.45, 7) is 3.49. The van der Waals surface area contributed by atoms with E-state index in [9.17, 15) is 0 Å². The molecule has 1 unspecified atom stereocenters. The number of rotatable bonds is 3. The lowest BCUT2D eigenvalue weighted by Gasteiger charge is -2.38. The predicted octanol–water partition coefficient (Wildman–Crippen LogP) is 3.32. The SMILES string of the molecule is Cc1ccc(CN)cc1OC1CCOC2(CCCC2)C1. The second-order valence-corrected chi connectivity index (χ2v) is 6.28. The minimum Gasteiger partial charge on any atom is -0.490 e. The van der Waals surface area contributed by atoms with Gasteiger partial charge in [-0.1, -0.05) is 25.0 Å². The first-order chi connectivity index (χ1) is 9.71. The van der Waals surface area contributed by atoms with Gasteiger partial charge in [0.2, 0.25) is 0 Å². The van der Waals surface area contributed by atoms with Crippen LogP contribution >= 0.6 is 0 Å². The molecule has 3 rings (SSSR count). The third kappa shape index (κ3) is 2.84. The third-order valence-electron chi connectivity index (χ3n) is 4.74. The van der Waals surface area contributed by atoms with Crippen LogP contribution in [0.25, 0.3) is 0 Å². The molecular weight excluding hydrogens is 250 g/mol. The van der Waals surface area contributed by atoms with Crippen molar-refractivity contribution in [3.05, 3.63) is 29.3 Å². The van der Waals surface area contributed by atoms with E-state index in [2.05, 4.69) is 25.1 Å². The maximum absolute atomic E-state index is 6.28. The van der Waals surface area contributed by atoms with Gasteiger partial charge in [-0.05, 0) is 37.0 Å². The van der Waals surface area contributed by atoms with Gasteiger partial charge in [0, 0.05) is 19.4 Å². The highest BCUT2D eigenvalue weighted by molar-refractivity contribution is 5.36. The highest BCUT2D eigenvalue weighted by Crippen LogP contribution is 2.41. The zero-order valence-electron chi connectivity index (χ0n) is 12.4. The van der Waals surface area contributed by atoms with Crippen molar-refractivity contribution in [2.75, 3.05) is 6.61 Å². The van der Waals surface area contributed by atoms with E-state index in [-0.39, 0.29) is 11.7 Å². The smallest absolute Gasteiger partial charge is 0.122 e. The quantitative estimate of drug-likeness (QED) is 0.920. The lowest BCUT2D eigenvalue weighted by Crippen LogP contribution is -2.41. The van der Waals surface area contributed by atoms with Gasteiger partial charge in [-0.2, -0.15) is 0 Å². The van der Waals surface area contributed by atoms with Crippen LogP contribution in [-0.2, 0) is 11.3 Å². The Morgan fingerprint density at radius 1 is 1.35 bits per heavy atom. The molecule has 2 N–H and O–H groups in total. The molecule has 1 aliphatic carbocycles. The van der Waals surface area contributed by atoms with Gasteiger partial charge >= 0.3 is 0 Å². The molecule has 2 aliphatic rings. The normalized spacial score (nSPS) is 25.0. The molecule has 1 aliphatic heterocycles. The summed E-state index contributed by atoms with van der Waals surface area (Å²) in [5, 5.41) is 0. The molecule has 1 aromatic rings. The summed E-state index contributed by atoms with van der Waals surface area (Å²) in [5.74, 6) is 0.994. The molecule has 1 aromatic carbocycles. The van der Waals surface area contributed by atoms with E-state index in [0.717, 1.165) is 30.8 Å². The Balaban J connectivity index is 1.71. The van der Waals surface area contributed by atoms with E-state index in [1.54, 1.807) is 0 Å². The summed E-state index contributed by atoms with van der Waals surface area (Å²) in [6.07, 6.45) is 7.33. The minimum absolute atomic E-state index is 0.113. The molecule has 20 heavy (non-hydrogen) atoms. The standard InChI is InChI=1S/C17H25NO2/c1-13-4-5-14(12-18)10-16(13)20-15-6-9-19-17(11-15)7-2-3-8-17/h4-5,10,15H,2-3,6-9,11-12,18H2,1H3. The first kappa shape index (κ1) is 13.9. The number of hydrogen-bond donors (Lipinski definition) is 1. The van der Waals surface area contributed by atoms with Crippen LogP contribution in [0.2, 0.25) is 0 Å². The monoisotopic (exact) mass is 275 g/mol. The van der Waals surface area contributed by atoms with Crippen LogP contribution in [0.5, 0.6) is 5.75 Å². The largest absolute Gasteiger partial charge is 0.490 e. The fraction of sp³-hybridized carbons (Fsp3) is 0.647. The van der Waals surface area contributed by atoms with Crippen LogP contribution in [0.4, 0.5) is 0 Å². The van der Waals surface area contributed by atoms with Crippen molar-refractivity contribution in [2.45, 2.75) is 63.7 Å². The van der Waals surface area contributed by atoms with Gasteiger partial charge in [-0.3, -0.25) is 0 Å². The zero-order chi connectivity index (χ0) is 14.0. The first-order valence-electron chi connectivity index (χ1n) is 7.81. The van der Waals surface area contributed by atoms with Gasteiger partial charge in [0.15, 0.2) is 0 Å². The lowest BCUT2D eigenvalue weighted by atomic mass is 9.90. The molecule has 0 radical (unpaired) electrons. The molecule has 110 valence electrons. The van der Waals surface area contributed by atoms with Gasteiger partial charge in [0.05, 0.1) is 12.2 Å². The summed E-state index contributed by atoms with van der Waals surface area (Å²) >= 11 is 0. The highest BCUT2D eigenvalue weighted by Gasteiger charge is 2.40. The second kappa shape index (κ2) is 5.74. The van der Waals surface area contributed by atoms with E-state index in [0.29, 0.717) is 6.54 Å². The second-order valence-electron chi connectivity index (χ2n) is 6.28. The summed E-state index contributed by atoms with van der Waals surface area (Å²) in [4.78, 5) is 0. The van der Waals surface area contributed by atoms with Crippen molar-refractivity contribution in [3.63, 3.8) is 0 Å². The Labute approximate surface area is 121 Å². The fourth-order valence-corrected chi connectivity index (χ4v) is 3.53. The maximum atomic E-state index is 6.28. The highest BCUT2D eigenvalue weighted by atomic mass is 16.5. The number of ether oxygens (including phenoxy) is 2. The Kier molecular flexibility index (Phi) is 3.99. The molecule has 2 fully saturated rings.